The molecule has 3 N–H and O–H groups in total. The van der Waals surface area contributed by atoms with Gasteiger partial charge in [-0.15, -0.1) is 0 Å². The van der Waals surface area contributed by atoms with E-state index >= 15 is 0 Å². The highest BCUT2D eigenvalue weighted by atomic mass is 32.2. The normalized spacial score (nSPS) is 21.7. The number of anilines is 2. The van der Waals surface area contributed by atoms with Crippen LogP contribution >= 0.6 is 0 Å². The van der Waals surface area contributed by atoms with E-state index in [-0.39, 0.29) is 17.6 Å². The van der Waals surface area contributed by atoms with Crippen molar-refractivity contribution in [3.63, 3.8) is 0 Å². The molecule has 1 unspecified atom stereocenters. The van der Waals surface area contributed by atoms with Crippen molar-refractivity contribution in [1.82, 2.24) is 9.97 Å². The predicted molar refractivity (Wildman–Crippen MR) is 75.8 cm³/mol. The second kappa shape index (κ2) is 5.32. The van der Waals surface area contributed by atoms with Crippen LogP contribution in [0.2, 0.25) is 0 Å². The van der Waals surface area contributed by atoms with E-state index in [2.05, 4.69) is 15.3 Å². The standard InChI is InChI=1S/C12H20N4O2S/c1-8(2)10-11(13)15-7-16-12(10)14-5-9-3-4-19(17,18)6-9/h7-9H,3-6H2,1-2H3,(H3,13,14,15,16). The fourth-order valence-corrected chi connectivity index (χ4v) is 4.26. The second-order valence-corrected chi connectivity index (χ2v) is 7.55. The molecule has 1 fully saturated rings. The van der Waals surface area contributed by atoms with Gasteiger partial charge in [-0.05, 0) is 18.3 Å². The summed E-state index contributed by atoms with van der Waals surface area (Å²) in [6, 6.07) is 0. The summed E-state index contributed by atoms with van der Waals surface area (Å²) in [7, 11) is -2.83. The van der Waals surface area contributed by atoms with Gasteiger partial charge >= 0.3 is 0 Å². The predicted octanol–water partition coefficient (Wildman–Crippen LogP) is 1.03. The average Bonchev–Trinajstić information content (AvgIpc) is 2.66. The summed E-state index contributed by atoms with van der Waals surface area (Å²) in [5.41, 5.74) is 6.75. The number of sulfone groups is 1. The Morgan fingerprint density at radius 3 is 2.79 bits per heavy atom. The summed E-state index contributed by atoms with van der Waals surface area (Å²) in [5.74, 6) is 2.12. The molecule has 1 aromatic heterocycles. The Kier molecular flexibility index (Phi) is 3.93. The maximum absolute atomic E-state index is 11.4. The van der Waals surface area contributed by atoms with Gasteiger partial charge < -0.3 is 11.1 Å². The number of rotatable bonds is 4. The van der Waals surface area contributed by atoms with Crippen LogP contribution in [0.15, 0.2) is 6.33 Å². The molecule has 1 aromatic rings. The van der Waals surface area contributed by atoms with Crippen molar-refractivity contribution in [2.75, 3.05) is 29.1 Å². The first-order valence-electron chi connectivity index (χ1n) is 6.43. The molecule has 7 heteroatoms. The van der Waals surface area contributed by atoms with Crippen molar-refractivity contribution in [3.05, 3.63) is 11.9 Å². The lowest BCUT2D eigenvalue weighted by Crippen LogP contribution is -2.18. The molecule has 1 aliphatic heterocycles. The Hall–Kier alpha value is -1.37. The zero-order chi connectivity index (χ0) is 14.0. The highest BCUT2D eigenvalue weighted by molar-refractivity contribution is 7.91. The molecule has 0 saturated carbocycles. The van der Waals surface area contributed by atoms with Crippen LogP contribution < -0.4 is 11.1 Å². The van der Waals surface area contributed by atoms with E-state index in [1.165, 1.54) is 6.33 Å². The molecule has 0 spiro atoms. The van der Waals surface area contributed by atoms with Crippen molar-refractivity contribution < 1.29 is 8.42 Å². The number of nitrogens with zero attached hydrogens (tertiary/aromatic N) is 2. The molecule has 0 bridgehead atoms. The lowest BCUT2D eigenvalue weighted by Gasteiger charge is -2.16. The van der Waals surface area contributed by atoms with Gasteiger partial charge in [-0.2, -0.15) is 0 Å². The monoisotopic (exact) mass is 284 g/mol. The van der Waals surface area contributed by atoms with Crippen molar-refractivity contribution in [2.45, 2.75) is 26.2 Å². The highest BCUT2D eigenvalue weighted by Crippen LogP contribution is 2.27. The van der Waals surface area contributed by atoms with E-state index in [0.717, 1.165) is 5.56 Å². The zero-order valence-corrected chi connectivity index (χ0v) is 12.1. The third-order valence-corrected chi connectivity index (χ3v) is 5.21. The van der Waals surface area contributed by atoms with Crippen molar-refractivity contribution >= 4 is 21.5 Å². The minimum Gasteiger partial charge on any atom is -0.383 e. The first kappa shape index (κ1) is 14.0. The Bertz CT molecular complexity index is 557. The molecule has 0 radical (unpaired) electrons. The maximum atomic E-state index is 11.4. The smallest absolute Gasteiger partial charge is 0.150 e. The average molecular weight is 284 g/mol. The van der Waals surface area contributed by atoms with Crippen LogP contribution in [0.25, 0.3) is 0 Å². The molecular formula is C12H20N4O2S. The van der Waals surface area contributed by atoms with E-state index in [1.54, 1.807) is 0 Å². The molecule has 0 aromatic carbocycles. The van der Waals surface area contributed by atoms with Gasteiger partial charge in [-0.25, -0.2) is 18.4 Å². The van der Waals surface area contributed by atoms with Gasteiger partial charge in [0.25, 0.3) is 0 Å². The van der Waals surface area contributed by atoms with Crippen molar-refractivity contribution in [1.29, 1.82) is 0 Å². The topological polar surface area (TPSA) is 98.0 Å². The number of aromatic nitrogens is 2. The fraction of sp³-hybridized carbons (Fsp3) is 0.667. The summed E-state index contributed by atoms with van der Waals surface area (Å²) in [6.45, 7) is 4.66. The molecular weight excluding hydrogens is 264 g/mol. The number of nitrogens with one attached hydrogen (secondary N) is 1. The molecule has 0 aliphatic carbocycles. The van der Waals surface area contributed by atoms with Gasteiger partial charge in [0.15, 0.2) is 9.84 Å². The quantitative estimate of drug-likeness (QED) is 0.857. The Balaban J connectivity index is 2.06. The van der Waals surface area contributed by atoms with Gasteiger partial charge in [0.2, 0.25) is 0 Å². The van der Waals surface area contributed by atoms with E-state index < -0.39 is 9.84 Å². The van der Waals surface area contributed by atoms with Gasteiger partial charge in [0, 0.05) is 12.1 Å². The Morgan fingerprint density at radius 2 is 2.21 bits per heavy atom. The first-order valence-corrected chi connectivity index (χ1v) is 8.26. The number of nitrogens with two attached hydrogens (primary N) is 1. The van der Waals surface area contributed by atoms with Crippen LogP contribution in [0, 0.1) is 5.92 Å². The van der Waals surface area contributed by atoms with Crippen LogP contribution in [0.3, 0.4) is 0 Å². The van der Waals surface area contributed by atoms with Crippen molar-refractivity contribution in [2.24, 2.45) is 5.92 Å². The summed E-state index contributed by atoms with van der Waals surface area (Å²) < 4.78 is 22.8. The molecule has 0 amide bonds. The number of hydrogen-bond acceptors (Lipinski definition) is 6. The van der Waals surface area contributed by atoms with Gasteiger partial charge in [0.1, 0.15) is 18.0 Å². The molecule has 19 heavy (non-hydrogen) atoms. The summed E-state index contributed by atoms with van der Waals surface area (Å²) in [4.78, 5) is 8.20. The van der Waals surface area contributed by atoms with Gasteiger partial charge in [-0.1, -0.05) is 13.8 Å². The fourth-order valence-electron chi connectivity index (χ4n) is 2.39. The lowest BCUT2D eigenvalue weighted by atomic mass is 10.0. The lowest BCUT2D eigenvalue weighted by molar-refractivity contribution is 0.595. The van der Waals surface area contributed by atoms with Crippen LogP contribution in [0.5, 0.6) is 0 Å². The molecule has 1 saturated heterocycles. The minimum atomic E-state index is -2.83. The van der Waals surface area contributed by atoms with E-state index in [0.29, 0.717) is 30.4 Å². The van der Waals surface area contributed by atoms with E-state index in [1.807, 2.05) is 13.8 Å². The third kappa shape index (κ3) is 3.34. The molecule has 1 aliphatic rings. The molecule has 6 nitrogen and oxygen atoms in total. The van der Waals surface area contributed by atoms with E-state index in [9.17, 15) is 8.42 Å². The van der Waals surface area contributed by atoms with Gasteiger partial charge in [-0.3, -0.25) is 0 Å². The van der Waals surface area contributed by atoms with Crippen molar-refractivity contribution in [3.8, 4) is 0 Å². The number of hydrogen-bond donors (Lipinski definition) is 2. The Labute approximate surface area is 113 Å². The van der Waals surface area contributed by atoms with Gasteiger partial charge in [0.05, 0.1) is 11.5 Å². The second-order valence-electron chi connectivity index (χ2n) is 5.33. The molecule has 106 valence electrons. The zero-order valence-electron chi connectivity index (χ0n) is 11.3. The first-order chi connectivity index (χ1) is 8.89. The SMILES string of the molecule is CC(C)c1c(N)ncnc1NCC1CCS(=O)(=O)C1. The third-order valence-electron chi connectivity index (χ3n) is 3.38. The van der Waals surface area contributed by atoms with Crippen LogP contribution in [-0.2, 0) is 9.84 Å². The van der Waals surface area contributed by atoms with Crippen LogP contribution in [0.4, 0.5) is 11.6 Å². The highest BCUT2D eigenvalue weighted by Gasteiger charge is 2.27. The minimum absolute atomic E-state index is 0.154. The van der Waals surface area contributed by atoms with E-state index in [4.69, 9.17) is 5.73 Å². The van der Waals surface area contributed by atoms with Crippen LogP contribution in [0.1, 0.15) is 31.7 Å². The number of nitrogen functional groups attached to an aromatic ring is 1. The maximum Gasteiger partial charge on any atom is 0.150 e. The Morgan fingerprint density at radius 1 is 1.47 bits per heavy atom. The summed E-state index contributed by atoms with van der Waals surface area (Å²) in [6.07, 6.45) is 2.14. The largest absolute Gasteiger partial charge is 0.383 e. The summed E-state index contributed by atoms with van der Waals surface area (Å²) in [5, 5.41) is 3.22. The molecule has 2 heterocycles. The van der Waals surface area contributed by atoms with Crippen LogP contribution in [-0.4, -0.2) is 36.4 Å². The summed E-state index contributed by atoms with van der Waals surface area (Å²) >= 11 is 0. The molecule has 2 rings (SSSR count). The molecule has 1 atom stereocenters.